The van der Waals surface area contributed by atoms with Crippen molar-refractivity contribution in [3.8, 4) is 0 Å². The lowest BCUT2D eigenvalue weighted by Gasteiger charge is -1.89. The molecule has 2 heteroatoms. The monoisotopic (exact) mass is 115 g/mol. The van der Waals surface area contributed by atoms with Crippen molar-refractivity contribution in [3.05, 3.63) is 11.6 Å². The lowest BCUT2D eigenvalue weighted by atomic mass is 10.3. The van der Waals surface area contributed by atoms with Crippen LogP contribution in [0.25, 0.3) is 0 Å². The summed E-state index contributed by atoms with van der Waals surface area (Å²) in [6, 6.07) is 0. The van der Waals surface area contributed by atoms with Crippen molar-refractivity contribution in [1.82, 2.24) is 5.32 Å². The first kappa shape index (κ1) is 7.21. The summed E-state index contributed by atoms with van der Waals surface area (Å²) < 4.78 is 0. The number of hydrogen-bond acceptors (Lipinski definition) is 1. The molecule has 0 fully saturated rings. The zero-order valence-electron chi connectivity index (χ0n) is 5.49. The molecule has 0 aromatic heterocycles. The Bertz CT molecular complexity index is 116. The van der Waals surface area contributed by atoms with Gasteiger partial charge in [0, 0.05) is 14.6 Å². The van der Waals surface area contributed by atoms with Gasteiger partial charge in [0.2, 0.25) is 5.91 Å². The molecule has 1 amide bonds. The number of amides is 1. The number of nitrogens with one attached hydrogen (secondary N) is 1. The minimum Gasteiger partial charge on any atom is -0.356 e. The zero-order chi connectivity index (χ0) is 6.57. The van der Waals surface area contributed by atoms with E-state index in [9.17, 15) is 4.79 Å². The third kappa shape index (κ3) is 3.40. The Hall–Kier alpha value is -0.790. The molecule has 0 heterocycles. The van der Waals surface area contributed by atoms with Crippen LogP contribution in [0.15, 0.2) is 11.6 Å². The first-order chi connectivity index (χ1) is 3.66. The Morgan fingerprint density at radius 2 is 2.12 bits per heavy atom. The van der Waals surface area contributed by atoms with Crippen molar-refractivity contribution in [2.45, 2.75) is 13.8 Å². The van der Waals surface area contributed by atoms with Crippen LogP contribution in [0.4, 0.5) is 0 Å². The maximum Gasteiger partial charge on any atom is 0.243 e. The van der Waals surface area contributed by atoms with E-state index in [1.807, 2.05) is 13.8 Å². The molecule has 0 aromatic carbocycles. The Morgan fingerprint density at radius 1 is 1.62 bits per heavy atom. The summed E-state index contributed by atoms with van der Waals surface area (Å²) in [5, 5.41) is 2.48. The van der Waals surface area contributed by atoms with Gasteiger partial charge in [0.15, 0.2) is 0 Å². The minimum atomic E-state index is -0.0370. The second kappa shape index (κ2) is 3.24. The normalized spacial score (nSPS) is 7.88. The van der Waals surface area contributed by atoms with Gasteiger partial charge in [-0.1, -0.05) is 5.57 Å². The SMILES string of the molecule is CNC(=O)C=C(C)C.[HH]. The summed E-state index contributed by atoms with van der Waals surface area (Å²) in [6.45, 7) is 3.77. The van der Waals surface area contributed by atoms with Crippen molar-refractivity contribution < 1.29 is 6.22 Å². The molecule has 0 atom stereocenters. The molecule has 0 saturated heterocycles. The van der Waals surface area contributed by atoms with E-state index in [1.165, 1.54) is 0 Å². The second-order valence-electron chi connectivity index (χ2n) is 1.84. The minimum absolute atomic E-state index is 0. The molecule has 0 radical (unpaired) electrons. The summed E-state index contributed by atoms with van der Waals surface area (Å²) in [5.41, 5.74) is 1.02. The number of likely N-dealkylation sites (N-methyl/N-ethyl adjacent to an activating group) is 1. The Morgan fingerprint density at radius 3 is 2.25 bits per heavy atom. The number of carbonyl (C=O) groups excluding carboxylic acids is 1. The van der Waals surface area contributed by atoms with Gasteiger partial charge in [0.25, 0.3) is 0 Å². The molecule has 0 rings (SSSR count). The Labute approximate surface area is 51.1 Å². The first-order valence-corrected chi connectivity index (χ1v) is 2.53. The van der Waals surface area contributed by atoms with E-state index in [-0.39, 0.29) is 7.33 Å². The maximum absolute atomic E-state index is 10.4. The van der Waals surface area contributed by atoms with Gasteiger partial charge in [0.05, 0.1) is 0 Å². The predicted molar refractivity (Wildman–Crippen MR) is 35.6 cm³/mol. The highest BCUT2D eigenvalue weighted by Crippen LogP contribution is 1.85. The topological polar surface area (TPSA) is 29.1 Å². The third-order valence-electron chi connectivity index (χ3n) is 0.666. The van der Waals surface area contributed by atoms with Crippen molar-refractivity contribution in [2.24, 2.45) is 0 Å². The average Bonchev–Trinajstić information content (AvgIpc) is 1.65. The molecule has 0 saturated carbocycles. The van der Waals surface area contributed by atoms with Crippen LogP contribution in [0, 0.1) is 0 Å². The molecule has 1 N–H and O–H groups in total. The highest BCUT2D eigenvalue weighted by atomic mass is 16.1. The fraction of sp³-hybridized carbons (Fsp3) is 0.500. The molecule has 0 aliphatic rings. The van der Waals surface area contributed by atoms with Crippen molar-refractivity contribution in [2.75, 3.05) is 7.05 Å². The summed E-state index contributed by atoms with van der Waals surface area (Å²) in [7, 11) is 1.61. The van der Waals surface area contributed by atoms with Crippen LogP contribution in [0.2, 0.25) is 0 Å². The lowest BCUT2D eigenvalue weighted by Crippen LogP contribution is -2.14. The molecule has 2 nitrogen and oxygen atoms in total. The van der Waals surface area contributed by atoms with Crippen LogP contribution in [0.1, 0.15) is 15.3 Å². The summed E-state index contributed by atoms with van der Waals surface area (Å²) >= 11 is 0. The molecule has 8 heavy (non-hydrogen) atoms. The number of rotatable bonds is 1. The first-order valence-electron chi connectivity index (χ1n) is 2.53. The molecular formula is C6H13NO. The van der Waals surface area contributed by atoms with Gasteiger partial charge in [0.1, 0.15) is 0 Å². The van der Waals surface area contributed by atoms with E-state index in [1.54, 1.807) is 13.1 Å². The highest BCUT2D eigenvalue weighted by molar-refractivity contribution is 5.87. The molecule has 0 aliphatic carbocycles. The molecular weight excluding hydrogens is 102 g/mol. The fourth-order valence-corrected chi connectivity index (χ4v) is 0.334. The van der Waals surface area contributed by atoms with E-state index in [2.05, 4.69) is 5.32 Å². The van der Waals surface area contributed by atoms with Gasteiger partial charge >= 0.3 is 0 Å². The Kier molecular flexibility index (Phi) is 2.92. The van der Waals surface area contributed by atoms with Crippen molar-refractivity contribution in [1.29, 1.82) is 0 Å². The summed E-state index contributed by atoms with van der Waals surface area (Å²) in [5.74, 6) is -0.0370. The highest BCUT2D eigenvalue weighted by Gasteiger charge is 1.86. The third-order valence-corrected chi connectivity index (χ3v) is 0.666. The second-order valence-corrected chi connectivity index (χ2v) is 1.84. The van der Waals surface area contributed by atoms with Gasteiger partial charge < -0.3 is 5.32 Å². The molecule has 0 aromatic rings. The van der Waals surface area contributed by atoms with E-state index in [4.69, 9.17) is 0 Å². The molecule has 0 bridgehead atoms. The molecule has 0 aliphatic heterocycles. The van der Waals surface area contributed by atoms with Crippen molar-refractivity contribution in [3.63, 3.8) is 0 Å². The van der Waals surface area contributed by atoms with Crippen LogP contribution in [0.3, 0.4) is 0 Å². The summed E-state index contributed by atoms with van der Waals surface area (Å²) in [6.07, 6.45) is 1.56. The Balaban J connectivity index is 0. The van der Waals surface area contributed by atoms with Gasteiger partial charge in [-0.25, -0.2) is 0 Å². The predicted octanol–water partition coefficient (Wildman–Crippen LogP) is 0.945. The van der Waals surface area contributed by atoms with E-state index in [0.717, 1.165) is 5.57 Å². The standard InChI is InChI=1S/C6H11NO.H2/c1-5(2)4-6(8)7-3;/h4H,1-3H3,(H,7,8);1H. The molecule has 0 spiro atoms. The largest absolute Gasteiger partial charge is 0.356 e. The average molecular weight is 115 g/mol. The van der Waals surface area contributed by atoms with Crippen molar-refractivity contribution >= 4 is 5.91 Å². The molecule has 0 unspecified atom stereocenters. The number of allylic oxidation sites excluding steroid dienone is 1. The van der Waals surface area contributed by atoms with E-state index >= 15 is 0 Å². The van der Waals surface area contributed by atoms with Crippen LogP contribution < -0.4 is 5.32 Å². The zero-order valence-corrected chi connectivity index (χ0v) is 5.49. The van der Waals surface area contributed by atoms with Crippen LogP contribution >= 0.6 is 0 Å². The number of hydrogen-bond donors (Lipinski definition) is 1. The van der Waals surface area contributed by atoms with Gasteiger partial charge in [-0.15, -0.1) is 0 Å². The fourth-order valence-electron chi connectivity index (χ4n) is 0.334. The van der Waals surface area contributed by atoms with Gasteiger partial charge in [-0.2, -0.15) is 0 Å². The van der Waals surface area contributed by atoms with Crippen LogP contribution in [-0.2, 0) is 4.79 Å². The van der Waals surface area contributed by atoms with Crippen LogP contribution in [-0.4, -0.2) is 13.0 Å². The van der Waals surface area contributed by atoms with E-state index in [0.29, 0.717) is 0 Å². The number of carbonyl (C=O) groups is 1. The van der Waals surface area contributed by atoms with E-state index < -0.39 is 0 Å². The van der Waals surface area contributed by atoms with Gasteiger partial charge in [-0.05, 0) is 13.8 Å². The molecule has 48 valence electrons. The maximum atomic E-state index is 10.4. The smallest absolute Gasteiger partial charge is 0.243 e. The quantitative estimate of drug-likeness (QED) is 0.506. The van der Waals surface area contributed by atoms with Gasteiger partial charge in [-0.3, -0.25) is 4.79 Å². The summed E-state index contributed by atoms with van der Waals surface area (Å²) in [4.78, 5) is 10.4. The lowest BCUT2D eigenvalue weighted by molar-refractivity contribution is -0.116. The van der Waals surface area contributed by atoms with Crippen LogP contribution in [0.5, 0.6) is 0 Å².